The molecule has 0 fully saturated rings. The molecule has 0 saturated carbocycles. The van der Waals surface area contributed by atoms with Crippen LogP contribution in [0.5, 0.6) is 0 Å². The number of fused-ring (bicyclic) bond motifs is 6. The number of aromatic nitrogens is 1. The molecule has 0 radical (unpaired) electrons. The van der Waals surface area contributed by atoms with Gasteiger partial charge in [-0.15, -0.1) is 0 Å². The molecule has 1 heterocycles. The SMILES string of the molecule is c1ccc(-c2ccc3c4c5ccccc5ccc4n(-c4ccc5ccccc5c4)c3c2)cc1. The first-order chi connectivity index (χ1) is 16.4. The molecular weight excluding hydrogens is 398 g/mol. The van der Waals surface area contributed by atoms with E-state index in [0.29, 0.717) is 0 Å². The molecule has 0 aliphatic rings. The van der Waals surface area contributed by atoms with Gasteiger partial charge in [-0.05, 0) is 56.9 Å². The van der Waals surface area contributed by atoms with Crippen molar-refractivity contribution in [3.05, 3.63) is 127 Å². The molecule has 1 aromatic heterocycles. The molecule has 0 spiro atoms. The summed E-state index contributed by atoms with van der Waals surface area (Å²) in [6, 6.07) is 46.1. The van der Waals surface area contributed by atoms with Crippen LogP contribution in [0.25, 0.3) is 60.2 Å². The lowest BCUT2D eigenvalue weighted by molar-refractivity contribution is 1.19. The largest absolute Gasteiger partial charge is 0.309 e. The molecule has 0 bridgehead atoms. The molecule has 154 valence electrons. The molecule has 0 aliphatic carbocycles. The monoisotopic (exact) mass is 419 g/mol. The minimum atomic E-state index is 1.19. The van der Waals surface area contributed by atoms with Gasteiger partial charge in [0.25, 0.3) is 0 Å². The highest BCUT2D eigenvalue weighted by Gasteiger charge is 2.16. The zero-order valence-corrected chi connectivity index (χ0v) is 18.1. The van der Waals surface area contributed by atoms with Gasteiger partial charge in [-0.2, -0.15) is 0 Å². The van der Waals surface area contributed by atoms with Gasteiger partial charge in [-0.1, -0.05) is 103 Å². The Bertz CT molecular complexity index is 1810. The molecule has 7 rings (SSSR count). The normalized spacial score (nSPS) is 11.6. The third kappa shape index (κ3) is 2.79. The zero-order chi connectivity index (χ0) is 21.8. The summed E-state index contributed by atoms with van der Waals surface area (Å²) in [5, 5.41) is 7.69. The van der Waals surface area contributed by atoms with E-state index in [-0.39, 0.29) is 0 Å². The van der Waals surface area contributed by atoms with Crippen molar-refractivity contribution in [3.63, 3.8) is 0 Å². The van der Waals surface area contributed by atoms with E-state index in [1.54, 1.807) is 0 Å². The maximum Gasteiger partial charge on any atom is 0.0547 e. The van der Waals surface area contributed by atoms with E-state index in [9.17, 15) is 0 Å². The first-order valence-electron chi connectivity index (χ1n) is 11.4. The van der Waals surface area contributed by atoms with Crippen LogP contribution in [0.4, 0.5) is 0 Å². The highest BCUT2D eigenvalue weighted by atomic mass is 15.0. The molecule has 6 aromatic carbocycles. The van der Waals surface area contributed by atoms with Crippen molar-refractivity contribution in [1.82, 2.24) is 4.57 Å². The molecule has 0 unspecified atom stereocenters. The lowest BCUT2D eigenvalue weighted by Gasteiger charge is -2.10. The third-order valence-electron chi connectivity index (χ3n) is 6.75. The Balaban J connectivity index is 1.63. The van der Waals surface area contributed by atoms with Crippen molar-refractivity contribution in [2.75, 3.05) is 0 Å². The van der Waals surface area contributed by atoms with Gasteiger partial charge in [0, 0.05) is 16.5 Å². The summed E-state index contributed by atoms with van der Waals surface area (Å²) in [5.41, 5.74) is 6.13. The van der Waals surface area contributed by atoms with Crippen LogP contribution in [0.2, 0.25) is 0 Å². The van der Waals surface area contributed by atoms with Crippen LogP contribution in [0.1, 0.15) is 0 Å². The van der Waals surface area contributed by atoms with Crippen molar-refractivity contribution >= 4 is 43.4 Å². The summed E-state index contributed by atoms with van der Waals surface area (Å²) < 4.78 is 2.43. The lowest BCUT2D eigenvalue weighted by Crippen LogP contribution is -1.94. The van der Waals surface area contributed by atoms with E-state index in [2.05, 4.69) is 132 Å². The second-order valence-electron chi connectivity index (χ2n) is 8.65. The van der Waals surface area contributed by atoms with Crippen molar-refractivity contribution < 1.29 is 0 Å². The Morgan fingerprint density at radius 2 is 1.12 bits per heavy atom. The number of benzene rings is 6. The van der Waals surface area contributed by atoms with Crippen molar-refractivity contribution in [1.29, 1.82) is 0 Å². The second kappa shape index (κ2) is 7.08. The van der Waals surface area contributed by atoms with E-state index in [1.165, 1.54) is 60.2 Å². The van der Waals surface area contributed by atoms with Crippen LogP contribution in [0, 0.1) is 0 Å². The molecule has 0 atom stereocenters. The molecule has 1 heteroatoms. The lowest BCUT2D eigenvalue weighted by atomic mass is 10.0. The van der Waals surface area contributed by atoms with E-state index in [0.717, 1.165) is 0 Å². The third-order valence-corrected chi connectivity index (χ3v) is 6.75. The molecule has 33 heavy (non-hydrogen) atoms. The van der Waals surface area contributed by atoms with E-state index >= 15 is 0 Å². The molecule has 0 N–H and O–H groups in total. The van der Waals surface area contributed by atoms with Crippen molar-refractivity contribution in [2.45, 2.75) is 0 Å². The van der Waals surface area contributed by atoms with Gasteiger partial charge in [0.15, 0.2) is 0 Å². The number of nitrogens with zero attached hydrogens (tertiary/aromatic N) is 1. The van der Waals surface area contributed by atoms with E-state index < -0.39 is 0 Å². The van der Waals surface area contributed by atoms with Crippen LogP contribution in [-0.4, -0.2) is 4.57 Å². The van der Waals surface area contributed by atoms with Gasteiger partial charge in [0.05, 0.1) is 11.0 Å². The standard InChI is InChI=1S/C32H21N/c1-2-8-22(9-3-1)26-15-18-29-31(21-26)33(27-17-14-23-10-4-5-12-25(23)20-27)30-19-16-24-11-6-7-13-28(24)32(29)30/h1-21H. The van der Waals surface area contributed by atoms with E-state index in [4.69, 9.17) is 0 Å². The molecule has 1 nitrogen and oxygen atoms in total. The number of hydrogen-bond donors (Lipinski definition) is 0. The summed E-state index contributed by atoms with van der Waals surface area (Å²) in [4.78, 5) is 0. The van der Waals surface area contributed by atoms with Gasteiger partial charge in [-0.25, -0.2) is 0 Å². The predicted octanol–water partition coefficient (Wildman–Crippen LogP) is 8.76. The Morgan fingerprint density at radius 1 is 0.394 bits per heavy atom. The average Bonchev–Trinajstić information content (AvgIpc) is 3.23. The molecule has 0 saturated heterocycles. The topological polar surface area (TPSA) is 4.93 Å². The van der Waals surface area contributed by atoms with Gasteiger partial charge in [0.1, 0.15) is 0 Å². The van der Waals surface area contributed by atoms with Crippen LogP contribution in [0.15, 0.2) is 127 Å². The smallest absolute Gasteiger partial charge is 0.0547 e. The fraction of sp³-hybridized carbons (Fsp3) is 0. The van der Waals surface area contributed by atoms with Crippen LogP contribution >= 0.6 is 0 Å². The summed E-state index contributed by atoms with van der Waals surface area (Å²) in [6.07, 6.45) is 0. The maximum atomic E-state index is 2.43. The summed E-state index contributed by atoms with van der Waals surface area (Å²) in [5.74, 6) is 0. The van der Waals surface area contributed by atoms with Gasteiger partial charge < -0.3 is 4.57 Å². The zero-order valence-electron chi connectivity index (χ0n) is 18.1. The minimum absolute atomic E-state index is 1.19. The molecular formula is C32H21N. The highest BCUT2D eigenvalue weighted by Crippen LogP contribution is 2.39. The Kier molecular flexibility index (Phi) is 3.91. The maximum absolute atomic E-state index is 2.43. The fourth-order valence-electron chi connectivity index (χ4n) is 5.19. The molecule has 7 aromatic rings. The van der Waals surface area contributed by atoms with E-state index in [1.807, 2.05) is 0 Å². The first-order valence-corrected chi connectivity index (χ1v) is 11.4. The van der Waals surface area contributed by atoms with Crippen LogP contribution in [-0.2, 0) is 0 Å². The first kappa shape index (κ1) is 18.2. The molecule has 0 amide bonds. The summed E-state index contributed by atoms with van der Waals surface area (Å²) >= 11 is 0. The number of rotatable bonds is 2. The Labute approximate surface area is 192 Å². The Morgan fingerprint density at radius 3 is 2.00 bits per heavy atom. The fourth-order valence-corrected chi connectivity index (χ4v) is 5.19. The quantitative estimate of drug-likeness (QED) is 0.264. The van der Waals surface area contributed by atoms with Crippen LogP contribution < -0.4 is 0 Å². The number of hydrogen-bond acceptors (Lipinski definition) is 0. The van der Waals surface area contributed by atoms with Gasteiger partial charge in [-0.3, -0.25) is 0 Å². The second-order valence-corrected chi connectivity index (χ2v) is 8.65. The van der Waals surface area contributed by atoms with Gasteiger partial charge >= 0.3 is 0 Å². The molecule has 0 aliphatic heterocycles. The van der Waals surface area contributed by atoms with Crippen molar-refractivity contribution in [2.24, 2.45) is 0 Å². The predicted molar refractivity (Wildman–Crippen MR) is 141 cm³/mol. The average molecular weight is 420 g/mol. The minimum Gasteiger partial charge on any atom is -0.309 e. The Hall–Kier alpha value is -4.36. The van der Waals surface area contributed by atoms with Crippen molar-refractivity contribution in [3.8, 4) is 16.8 Å². The highest BCUT2D eigenvalue weighted by molar-refractivity contribution is 6.21. The summed E-state index contributed by atoms with van der Waals surface area (Å²) in [7, 11) is 0. The van der Waals surface area contributed by atoms with Gasteiger partial charge in [0.2, 0.25) is 0 Å². The van der Waals surface area contributed by atoms with Crippen LogP contribution in [0.3, 0.4) is 0 Å². The summed E-state index contributed by atoms with van der Waals surface area (Å²) in [6.45, 7) is 0.